The van der Waals surface area contributed by atoms with E-state index in [-0.39, 0.29) is 0 Å². The molecule has 1 aliphatic rings. The van der Waals surface area contributed by atoms with Gasteiger partial charge in [0.2, 0.25) is 0 Å². The van der Waals surface area contributed by atoms with Crippen LogP contribution in [0.3, 0.4) is 0 Å². The summed E-state index contributed by atoms with van der Waals surface area (Å²) in [4.78, 5) is 16.6. The molecule has 6 heteroatoms. The topological polar surface area (TPSA) is 70.8 Å². The van der Waals surface area contributed by atoms with E-state index in [0.29, 0.717) is 11.3 Å². The molecule has 1 amide bonds. The normalized spacial score (nSPS) is 14.8. The molecule has 0 aromatic heterocycles. The van der Waals surface area contributed by atoms with Gasteiger partial charge in [0.15, 0.2) is 0 Å². The zero-order valence-corrected chi connectivity index (χ0v) is 15.9. The first-order chi connectivity index (χ1) is 13.2. The second kappa shape index (κ2) is 9.28. The smallest absolute Gasteiger partial charge is 0.250 e. The number of hydrogen-bond acceptors (Lipinski definition) is 5. The highest BCUT2D eigenvalue weighted by molar-refractivity contribution is 5.98. The second-order valence-electron chi connectivity index (χ2n) is 6.72. The minimum Gasteiger partial charge on any atom is -0.497 e. The van der Waals surface area contributed by atoms with Crippen LogP contribution in [0.25, 0.3) is 0 Å². The predicted molar refractivity (Wildman–Crippen MR) is 110 cm³/mol. The van der Waals surface area contributed by atoms with Gasteiger partial charge in [0.1, 0.15) is 5.75 Å². The van der Waals surface area contributed by atoms with Crippen LogP contribution in [0.5, 0.6) is 5.75 Å². The second-order valence-corrected chi connectivity index (χ2v) is 6.72. The highest BCUT2D eigenvalue weighted by atomic mass is 16.5. The summed E-state index contributed by atoms with van der Waals surface area (Å²) in [5.74, 6) is 0.180. The molecule has 1 fully saturated rings. The molecule has 3 N–H and O–H groups in total. The lowest BCUT2D eigenvalue weighted by molar-refractivity contribution is 0.100. The number of anilines is 2. The fourth-order valence-corrected chi connectivity index (χ4v) is 3.40. The quantitative estimate of drug-likeness (QED) is 0.700. The van der Waals surface area contributed by atoms with Gasteiger partial charge in [-0.05, 0) is 43.3 Å². The van der Waals surface area contributed by atoms with Gasteiger partial charge in [-0.2, -0.15) is 0 Å². The molecule has 0 atom stereocenters. The van der Waals surface area contributed by atoms with Crippen LogP contribution >= 0.6 is 0 Å². The van der Waals surface area contributed by atoms with Gasteiger partial charge in [-0.15, -0.1) is 0 Å². The summed E-state index contributed by atoms with van der Waals surface area (Å²) in [6.07, 6.45) is 1.01. The van der Waals surface area contributed by atoms with Crippen LogP contribution in [0.2, 0.25) is 0 Å². The van der Waals surface area contributed by atoms with E-state index in [1.54, 1.807) is 13.2 Å². The van der Waals surface area contributed by atoms with Crippen molar-refractivity contribution in [2.75, 3.05) is 56.6 Å². The highest BCUT2D eigenvalue weighted by Gasteiger charge is 2.16. The van der Waals surface area contributed by atoms with Gasteiger partial charge in [-0.25, -0.2) is 0 Å². The van der Waals surface area contributed by atoms with E-state index in [1.165, 1.54) is 5.69 Å². The molecular weight excluding hydrogens is 340 g/mol. The van der Waals surface area contributed by atoms with Gasteiger partial charge in [-0.3, -0.25) is 9.69 Å². The number of nitrogens with two attached hydrogens (primary N) is 1. The molecule has 2 aromatic rings. The molecule has 2 aromatic carbocycles. The van der Waals surface area contributed by atoms with Crippen LogP contribution in [-0.2, 0) is 0 Å². The number of ether oxygens (including phenoxy) is 1. The molecule has 1 aliphatic heterocycles. The van der Waals surface area contributed by atoms with Crippen LogP contribution in [0.15, 0.2) is 48.5 Å². The van der Waals surface area contributed by atoms with Crippen LogP contribution < -0.4 is 20.7 Å². The molecule has 0 bridgehead atoms. The molecule has 0 unspecified atom stereocenters. The Hall–Kier alpha value is -2.73. The zero-order chi connectivity index (χ0) is 19.1. The van der Waals surface area contributed by atoms with Crippen molar-refractivity contribution in [1.29, 1.82) is 0 Å². The first kappa shape index (κ1) is 19.0. The monoisotopic (exact) mass is 368 g/mol. The maximum absolute atomic E-state index is 11.6. The standard InChI is InChI=1S/C21H28N4O2/c1-27-18-8-9-20(19(16-18)21(22)26)23-10-5-11-24-12-14-25(15-13-24)17-6-3-2-4-7-17/h2-4,6-9,16,23H,5,10-15H2,1H3,(H2,22,26). The fraction of sp³-hybridized carbons (Fsp3) is 0.381. The molecule has 1 saturated heterocycles. The Morgan fingerprint density at radius 2 is 1.85 bits per heavy atom. The van der Waals surface area contributed by atoms with Gasteiger partial charge in [0.25, 0.3) is 5.91 Å². The molecule has 0 radical (unpaired) electrons. The summed E-state index contributed by atoms with van der Waals surface area (Å²) in [7, 11) is 1.57. The summed E-state index contributed by atoms with van der Waals surface area (Å²) in [6.45, 7) is 6.10. The Bertz CT molecular complexity index is 743. The number of amides is 1. The fourth-order valence-electron chi connectivity index (χ4n) is 3.40. The number of para-hydroxylation sites is 1. The van der Waals surface area contributed by atoms with Crippen LogP contribution in [0.4, 0.5) is 11.4 Å². The largest absolute Gasteiger partial charge is 0.497 e. The van der Waals surface area contributed by atoms with Crippen LogP contribution in [-0.4, -0.2) is 57.2 Å². The molecule has 3 rings (SSSR count). The Balaban J connectivity index is 1.42. The number of nitrogens with zero attached hydrogens (tertiary/aromatic N) is 2. The van der Waals surface area contributed by atoms with Gasteiger partial charge in [0, 0.05) is 44.1 Å². The molecule has 27 heavy (non-hydrogen) atoms. The summed E-state index contributed by atoms with van der Waals surface area (Å²) >= 11 is 0. The number of carbonyl (C=O) groups is 1. The molecule has 6 nitrogen and oxygen atoms in total. The molecule has 1 heterocycles. The van der Waals surface area contributed by atoms with Crippen molar-refractivity contribution in [1.82, 2.24) is 4.90 Å². The Kier molecular flexibility index (Phi) is 6.54. The third kappa shape index (κ3) is 5.14. The van der Waals surface area contributed by atoms with Crippen molar-refractivity contribution in [2.24, 2.45) is 5.73 Å². The Labute approximate surface area is 160 Å². The van der Waals surface area contributed by atoms with Gasteiger partial charge in [-0.1, -0.05) is 18.2 Å². The van der Waals surface area contributed by atoms with Gasteiger partial charge >= 0.3 is 0 Å². The van der Waals surface area contributed by atoms with Crippen molar-refractivity contribution < 1.29 is 9.53 Å². The number of primary amides is 1. The average molecular weight is 368 g/mol. The maximum Gasteiger partial charge on any atom is 0.250 e. The van der Waals surface area contributed by atoms with E-state index < -0.39 is 5.91 Å². The minimum atomic E-state index is -0.451. The number of nitrogens with one attached hydrogen (secondary N) is 1. The highest BCUT2D eigenvalue weighted by Crippen LogP contribution is 2.22. The van der Waals surface area contributed by atoms with E-state index in [2.05, 4.69) is 45.4 Å². The summed E-state index contributed by atoms with van der Waals surface area (Å²) in [5, 5.41) is 3.33. The average Bonchev–Trinajstić information content (AvgIpc) is 2.72. The van der Waals surface area contributed by atoms with E-state index in [9.17, 15) is 4.79 Å². The van der Waals surface area contributed by atoms with Gasteiger partial charge < -0.3 is 20.7 Å². The third-order valence-corrected chi connectivity index (χ3v) is 4.95. The van der Waals surface area contributed by atoms with Crippen molar-refractivity contribution in [3.05, 3.63) is 54.1 Å². The van der Waals surface area contributed by atoms with Gasteiger partial charge in [0.05, 0.1) is 12.7 Å². The molecule has 144 valence electrons. The van der Waals surface area contributed by atoms with Crippen molar-refractivity contribution in [3.63, 3.8) is 0 Å². The first-order valence-corrected chi connectivity index (χ1v) is 9.41. The van der Waals surface area contributed by atoms with Crippen molar-refractivity contribution >= 4 is 17.3 Å². The molecular formula is C21H28N4O2. The Morgan fingerprint density at radius 3 is 2.52 bits per heavy atom. The first-order valence-electron chi connectivity index (χ1n) is 9.41. The number of methoxy groups -OCH3 is 1. The van der Waals surface area contributed by atoms with Crippen molar-refractivity contribution in [3.8, 4) is 5.75 Å². The lowest BCUT2D eigenvalue weighted by atomic mass is 10.1. The lowest BCUT2D eigenvalue weighted by Gasteiger charge is -2.36. The van der Waals surface area contributed by atoms with E-state index in [4.69, 9.17) is 10.5 Å². The van der Waals surface area contributed by atoms with E-state index in [1.807, 2.05) is 12.1 Å². The SMILES string of the molecule is COc1ccc(NCCCN2CCN(c3ccccc3)CC2)c(C(N)=O)c1. The molecule has 0 spiro atoms. The predicted octanol–water partition coefficient (Wildman–Crippen LogP) is 2.42. The van der Waals surface area contributed by atoms with Crippen molar-refractivity contribution in [2.45, 2.75) is 6.42 Å². The minimum absolute atomic E-state index is 0.451. The number of benzene rings is 2. The lowest BCUT2D eigenvalue weighted by Crippen LogP contribution is -2.46. The van der Waals surface area contributed by atoms with Crippen LogP contribution in [0.1, 0.15) is 16.8 Å². The maximum atomic E-state index is 11.6. The summed E-state index contributed by atoms with van der Waals surface area (Å²) < 4.78 is 5.16. The number of rotatable bonds is 8. The summed E-state index contributed by atoms with van der Waals surface area (Å²) in [6, 6.07) is 15.9. The third-order valence-electron chi connectivity index (χ3n) is 4.95. The number of hydrogen-bond donors (Lipinski definition) is 2. The summed E-state index contributed by atoms with van der Waals surface area (Å²) in [5.41, 5.74) is 8.00. The van der Waals surface area contributed by atoms with E-state index >= 15 is 0 Å². The van der Waals surface area contributed by atoms with E-state index in [0.717, 1.165) is 51.4 Å². The van der Waals surface area contributed by atoms with Crippen LogP contribution in [0, 0.1) is 0 Å². The number of carbonyl (C=O) groups excluding carboxylic acids is 1. The Morgan fingerprint density at radius 1 is 1.11 bits per heavy atom. The molecule has 0 aliphatic carbocycles. The number of piperazine rings is 1. The molecule has 0 saturated carbocycles. The zero-order valence-electron chi connectivity index (χ0n) is 15.9.